The molecule has 0 aromatic heterocycles. The monoisotopic (exact) mass is 686 g/mol. The molecule has 0 spiro atoms. The second kappa shape index (κ2) is 15.0. The standard InChI is InChI=1S/C45H35BrO2/c46-30-33-25-44(47-31-34-21-40(36-13-5-1-6-14-36)27-41(22-34)37-15-7-2-8-16-37)29-45(26-33)48-32-35-23-42(38-17-9-3-10-18-38)28-43(24-35)39-19-11-4-12-20-39/h1-29H,30-32H2. The van der Waals surface area contributed by atoms with Crippen molar-refractivity contribution in [2.75, 3.05) is 0 Å². The van der Waals surface area contributed by atoms with Crippen molar-refractivity contribution < 1.29 is 9.47 Å². The molecule has 0 N–H and O–H groups in total. The van der Waals surface area contributed by atoms with E-state index in [9.17, 15) is 0 Å². The number of hydrogen-bond acceptors (Lipinski definition) is 2. The smallest absolute Gasteiger partial charge is 0.123 e. The van der Waals surface area contributed by atoms with E-state index in [0.717, 1.165) is 28.2 Å². The third-order valence-corrected chi connectivity index (χ3v) is 8.97. The molecule has 0 heterocycles. The molecular weight excluding hydrogens is 652 g/mol. The minimum absolute atomic E-state index is 0.436. The number of rotatable bonds is 11. The Labute approximate surface area is 291 Å². The molecule has 0 bridgehead atoms. The van der Waals surface area contributed by atoms with Crippen LogP contribution in [0.5, 0.6) is 11.5 Å². The zero-order chi connectivity index (χ0) is 32.5. The average Bonchev–Trinajstić information content (AvgIpc) is 3.17. The lowest BCUT2D eigenvalue weighted by atomic mass is 9.96. The van der Waals surface area contributed by atoms with Crippen LogP contribution >= 0.6 is 15.9 Å². The molecule has 7 aromatic carbocycles. The van der Waals surface area contributed by atoms with Gasteiger partial charge in [0.15, 0.2) is 0 Å². The Bertz CT molecular complexity index is 1830. The molecule has 0 unspecified atom stereocenters. The Kier molecular flexibility index (Phi) is 9.77. The Morgan fingerprint density at radius 2 is 0.625 bits per heavy atom. The molecule has 7 rings (SSSR count). The second-order valence-corrected chi connectivity index (χ2v) is 12.4. The van der Waals surface area contributed by atoms with Crippen LogP contribution in [0.2, 0.25) is 0 Å². The molecule has 3 heteroatoms. The fourth-order valence-electron chi connectivity index (χ4n) is 5.95. The fraction of sp³-hybridized carbons (Fsp3) is 0.0667. The first-order valence-corrected chi connectivity index (χ1v) is 17.3. The number of hydrogen-bond donors (Lipinski definition) is 0. The van der Waals surface area contributed by atoms with Crippen molar-refractivity contribution in [3.63, 3.8) is 0 Å². The quantitative estimate of drug-likeness (QED) is 0.126. The highest BCUT2D eigenvalue weighted by Gasteiger charge is 2.10. The van der Waals surface area contributed by atoms with Crippen LogP contribution in [0.25, 0.3) is 44.5 Å². The maximum atomic E-state index is 6.46. The summed E-state index contributed by atoms with van der Waals surface area (Å²) >= 11 is 3.65. The minimum Gasteiger partial charge on any atom is -0.489 e. The lowest BCUT2D eigenvalue weighted by Gasteiger charge is -2.15. The van der Waals surface area contributed by atoms with Crippen LogP contribution in [0.15, 0.2) is 176 Å². The Morgan fingerprint density at radius 1 is 0.312 bits per heavy atom. The summed E-state index contributed by atoms with van der Waals surface area (Å²) in [7, 11) is 0. The van der Waals surface area contributed by atoms with E-state index in [1.54, 1.807) is 0 Å². The summed E-state index contributed by atoms with van der Waals surface area (Å²) in [5.74, 6) is 1.55. The van der Waals surface area contributed by atoms with Gasteiger partial charge in [-0.2, -0.15) is 0 Å². The van der Waals surface area contributed by atoms with E-state index in [0.29, 0.717) is 18.5 Å². The molecule has 0 atom stereocenters. The van der Waals surface area contributed by atoms with Crippen LogP contribution in [-0.2, 0) is 18.5 Å². The van der Waals surface area contributed by atoms with Gasteiger partial charge in [-0.25, -0.2) is 0 Å². The molecular formula is C45H35BrO2. The van der Waals surface area contributed by atoms with Crippen molar-refractivity contribution in [1.29, 1.82) is 0 Å². The highest BCUT2D eigenvalue weighted by Crippen LogP contribution is 2.32. The SMILES string of the molecule is BrCc1cc(OCc2cc(-c3ccccc3)cc(-c3ccccc3)c2)cc(OCc2cc(-c3ccccc3)cc(-c3ccccc3)c2)c1. The number of ether oxygens (including phenoxy) is 2. The summed E-state index contributed by atoms with van der Waals surface area (Å²) in [6.07, 6.45) is 0. The van der Waals surface area contributed by atoms with Crippen LogP contribution in [0, 0.1) is 0 Å². The fourth-order valence-corrected chi connectivity index (χ4v) is 6.27. The summed E-state index contributed by atoms with van der Waals surface area (Å²) < 4.78 is 12.9. The lowest BCUT2D eigenvalue weighted by molar-refractivity contribution is 0.289. The third kappa shape index (κ3) is 7.76. The van der Waals surface area contributed by atoms with Gasteiger partial charge in [0.1, 0.15) is 24.7 Å². The predicted octanol–water partition coefficient (Wildman–Crippen LogP) is 12.4. The molecule has 48 heavy (non-hydrogen) atoms. The molecule has 7 aromatic rings. The first-order valence-electron chi connectivity index (χ1n) is 16.2. The Balaban J connectivity index is 1.14. The second-order valence-electron chi connectivity index (χ2n) is 11.8. The van der Waals surface area contributed by atoms with Gasteiger partial charge in [-0.3, -0.25) is 0 Å². The van der Waals surface area contributed by atoms with E-state index in [1.807, 2.05) is 30.3 Å². The van der Waals surface area contributed by atoms with Crippen LogP contribution < -0.4 is 9.47 Å². The molecule has 0 amide bonds. The Hall–Kier alpha value is -5.38. The van der Waals surface area contributed by atoms with Gasteiger partial charge in [-0.05, 0) is 110 Å². The highest BCUT2D eigenvalue weighted by atomic mass is 79.9. The molecule has 2 nitrogen and oxygen atoms in total. The van der Waals surface area contributed by atoms with Crippen LogP contribution in [0.4, 0.5) is 0 Å². The molecule has 0 fully saturated rings. The maximum Gasteiger partial charge on any atom is 0.123 e. The molecule has 0 radical (unpaired) electrons. The van der Waals surface area contributed by atoms with Crippen molar-refractivity contribution in [2.24, 2.45) is 0 Å². The van der Waals surface area contributed by atoms with Gasteiger partial charge in [0.25, 0.3) is 0 Å². The number of alkyl halides is 1. The van der Waals surface area contributed by atoms with E-state index >= 15 is 0 Å². The van der Waals surface area contributed by atoms with Crippen molar-refractivity contribution in [1.82, 2.24) is 0 Å². The lowest BCUT2D eigenvalue weighted by Crippen LogP contribution is -2.00. The minimum atomic E-state index is 0.436. The van der Waals surface area contributed by atoms with E-state index in [4.69, 9.17) is 9.47 Å². The van der Waals surface area contributed by atoms with E-state index in [2.05, 4.69) is 162 Å². The molecule has 0 saturated heterocycles. The highest BCUT2D eigenvalue weighted by molar-refractivity contribution is 9.08. The van der Waals surface area contributed by atoms with Gasteiger partial charge in [0.2, 0.25) is 0 Å². The average molecular weight is 688 g/mol. The topological polar surface area (TPSA) is 18.5 Å². The van der Waals surface area contributed by atoms with E-state index in [1.165, 1.54) is 44.5 Å². The zero-order valence-corrected chi connectivity index (χ0v) is 28.1. The summed E-state index contributed by atoms with van der Waals surface area (Å²) in [4.78, 5) is 0. The van der Waals surface area contributed by atoms with E-state index in [-0.39, 0.29) is 0 Å². The number of halogens is 1. The summed E-state index contributed by atoms with van der Waals surface area (Å²) in [6.45, 7) is 0.872. The molecule has 234 valence electrons. The zero-order valence-electron chi connectivity index (χ0n) is 26.6. The normalized spacial score (nSPS) is 10.9. The largest absolute Gasteiger partial charge is 0.489 e. The van der Waals surface area contributed by atoms with Gasteiger partial charge in [0, 0.05) is 11.4 Å². The van der Waals surface area contributed by atoms with E-state index < -0.39 is 0 Å². The van der Waals surface area contributed by atoms with Gasteiger partial charge < -0.3 is 9.47 Å². The summed E-state index contributed by atoms with van der Waals surface area (Å²) in [5.41, 5.74) is 12.7. The molecule has 0 aliphatic carbocycles. The molecule has 0 saturated carbocycles. The van der Waals surface area contributed by atoms with Crippen molar-refractivity contribution in [3.8, 4) is 56.0 Å². The first kappa shape index (κ1) is 31.2. The number of benzene rings is 7. The Morgan fingerprint density at radius 3 is 0.917 bits per heavy atom. The first-order chi connectivity index (χ1) is 23.7. The molecule has 0 aliphatic heterocycles. The van der Waals surface area contributed by atoms with Crippen molar-refractivity contribution >= 4 is 15.9 Å². The third-order valence-electron chi connectivity index (χ3n) is 8.32. The van der Waals surface area contributed by atoms with Gasteiger partial charge in [0.05, 0.1) is 0 Å². The van der Waals surface area contributed by atoms with Gasteiger partial charge >= 0.3 is 0 Å². The van der Waals surface area contributed by atoms with Crippen LogP contribution in [0.3, 0.4) is 0 Å². The van der Waals surface area contributed by atoms with Gasteiger partial charge in [-0.15, -0.1) is 0 Å². The van der Waals surface area contributed by atoms with Crippen LogP contribution in [-0.4, -0.2) is 0 Å². The predicted molar refractivity (Wildman–Crippen MR) is 202 cm³/mol. The van der Waals surface area contributed by atoms with Crippen LogP contribution in [0.1, 0.15) is 16.7 Å². The molecule has 0 aliphatic rings. The summed E-state index contributed by atoms with van der Waals surface area (Å²) in [6, 6.07) is 61.5. The maximum absolute atomic E-state index is 6.46. The van der Waals surface area contributed by atoms with Crippen molar-refractivity contribution in [3.05, 3.63) is 193 Å². The van der Waals surface area contributed by atoms with Gasteiger partial charge in [-0.1, -0.05) is 137 Å². The van der Waals surface area contributed by atoms with Crippen molar-refractivity contribution in [2.45, 2.75) is 18.5 Å². The summed E-state index contributed by atoms with van der Waals surface area (Å²) in [5, 5.41) is 0.698.